The first-order chi connectivity index (χ1) is 10.1. The van der Waals surface area contributed by atoms with Gasteiger partial charge in [0, 0.05) is 7.05 Å². The van der Waals surface area contributed by atoms with Crippen LogP contribution in [0.4, 0.5) is 0 Å². The van der Waals surface area contributed by atoms with Crippen molar-refractivity contribution in [3.63, 3.8) is 0 Å². The van der Waals surface area contributed by atoms with Crippen LogP contribution >= 0.6 is 12.2 Å². The van der Waals surface area contributed by atoms with Gasteiger partial charge in [-0.15, -0.1) is 0 Å². The summed E-state index contributed by atoms with van der Waals surface area (Å²) in [7, 11) is 1.90. The quantitative estimate of drug-likeness (QED) is 0.756. The Morgan fingerprint density at radius 1 is 1.29 bits per heavy atom. The first kappa shape index (κ1) is 13.8. The van der Waals surface area contributed by atoms with E-state index in [2.05, 4.69) is 40.4 Å². The third kappa shape index (κ3) is 2.21. The Hall–Kier alpha value is -2.21. The standard InChI is InChI=1S/C15H17N5S/c1-4-11-7-5-6-8-13(11)20-10(2)12(9-16-20)14-17-18-15(21)19(14)3/h5-9H,4H2,1-3H3,(H,18,21). The first-order valence-electron chi connectivity index (χ1n) is 6.88. The van der Waals surface area contributed by atoms with E-state index in [1.54, 1.807) is 0 Å². The minimum Gasteiger partial charge on any atom is -0.303 e. The lowest BCUT2D eigenvalue weighted by Crippen LogP contribution is -2.03. The number of nitrogens with one attached hydrogen (secondary N) is 1. The molecule has 0 unspecified atom stereocenters. The molecule has 2 heterocycles. The average Bonchev–Trinajstić information content (AvgIpc) is 3.03. The van der Waals surface area contributed by atoms with E-state index in [1.165, 1.54) is 5.56 Å². The number of hydrogen-bond acceptors (Lipinski definition) is 3. The molecule has 2 aromatic heterocycles. The summed E-state index contributed by atoms with van der Waals surface area (Å²) in [6.07, 6.45) is 2.81. The topological polar surface area (TPSA) is 51.4 Å². The van der Waals surface area contributed by atoms with Crippen molar-refractivity contribution in [1.82, 2.24) is 24.5 Å². The number of rotatable bonds is 3. The van der Waals surface area contributed by atoms with Crippen molar-refractivity contribution in [2.45, 2.75) is 20.3 Å². The van der Waals surface area contributed by atoms with Crippen LogP contribution in [-0.2, 0) is 13.5 Å². The van der Waals surface area contributed by atoms with Gasteiger partial charge in [0.15, 0.2) is 10.6 Å². The van der Waals surface area contributed by atoms with Gasteiger partial charge in [0.1, 0.15) is 0 Å². The third-order valence-corrected chi connectivity index (χ3v) is 4.10. The van der Waals surface area contributed by atoms with Crippen molar-refractivity contribution in [2.24, 2.45) is 7.05 Å². The number of benzene rings is 1. The van der Waals surface area contributed by atoms with Gasteiger partial charge in [0.05, 0.1) is 23.1 Å². The molecule has 0 atom stereocenters. The zero-order valence-corrected chi connectivity index (χ0v) is 13.1. The number of hydrogen-bond donors (Lipinski definition) is 1. The smallest absolute Gasteiger partial charge is 0.195 e. The lowest BCUT2D eigenvalue weighted by Gasteiger charge is -2.10. The number of nitrogens with zero attached hydrogens (tertiary/aromatic N) is 4. The van der Waals surface area contributed by atoms with Crippen molar-refractivity contribution >= 4 is 12.2 Å². The highest BCUT2D eigenvalue weighted by molar-refractivity contribution is 7.71. The Morgan fingerprint density at radius 3 is 2.71 bits per heavy atom. The van der Waals surface area contributed by atoms with E-state index in [-0.39, 0.29) is 0 Å². The third-order valence-electron chi connectivity index (χ3n) is 3.73. The van der Waals surface area contributed by atoms with Crippen LogP contribution in [0.3, 0.4) is 0 Å². The molecular formula is C15H17N5S. The van der Waals surface area contributed by atoms with Gasteiger partial charge in [-0.2, -0.15) is 10.2 Å². The molecule has 1 aromatic carbocycles. The Kier molecular flexibility index (Phi) is 3.47. The number of aromatic nitrogens is 5. The molecule has 3 rings (SSSR count). The van der Waals surface area contributed by atoms with E-state index in [0.717, 1.165) is 29.2 Å². The highest BCUT2D eigenvalue weighted by atomic mass is 32.1. The van der Waals surface area contributed by atoms with Crippen molar-refractivity contribution in [2.75, 3.05) is 0 Å². The Balaban J connectivity index is 2.16. The van der Waals surface area contributed by atoms with Crippen molar-refractivity contribution in [3.8, 4) is 17.1 Å². The van der Waals surface area contributed by atoms with Gasteiger partial charge in [-0.1, -0.05) is 25.1 Å². The molecule has 0 radical (unpaired) electrons. The monoisotopic (exact) mass is 299 g/mol. The molecule has 108 valence electrons. The van der Waals surface area contributed by atoms with Gasteiger partial charge in [0.2, 0.25) is 0 Å². The van der Waals surface area contributed by atoms with Crippen molar-refractivity contribution in [3.05, 3.63) is 46.5 Å². The summed E-state index contributed by atoms with van der Waals surface area (Å²) in [6.45, 7) is 4.20. The maximum Gasteiger partial charge on any atom is 0.195 e. The number of aryl methyl sites for hydroxylation is 1. The maximum atomic E-state index is 5.17. The van der Waals surface area contributed by atoms with Gasteiger partial charge < -0.3 is 4.57 Å². The van der Waals surface area contributed by atoms with Crippen molar-refractivity contribution in [1.29, 1.82) is 0 Å². The van der Waals surface area contributed by atoms with E-state index < -0.39 is 0 Å². The Labute approximate surface area is 128 Å². The predicted octanol–water partition coefficient (Wildman–Crippen LogP) is 3.20. The lowest BCUT2D eigenvalue weighted by atomic mass is 10.1. The molecule has 0 saturated heterocycles. The van der Waals surface area contributed by atoms with Crippen LogP contribution in [0.15, 0.2) is 30.5 Å². The van der Waals surface area contributed by atoms with E-state index in [4.69, 9.17) is 12.2 Å². The fraction of sp³-hybridized carbons (Fsp3) is 0.267. The van der Waals surface area contributed by atoms with Gasteiger partial charge in [-0.25, -0.2) is 4.68 Å². The molecule has 6 heteroatoms. The van der Waals surface area contributed by atoms with Crippen LogP contribution in [0.1, 0.15) is 18.2 Å². The largest absolute Gasteiger partial charge is 0.303 e. The fourth-order valence-corrected chi connectivity index (χ4v) is 2.61. The molecule has 1 N–H and O–H groups in total. The SMILES string of the molecule is CCc1ccccc1-n1ncc(-c2n[nH]c(=S)n2C)c1C. The molecule has 0 bridgehead atoms. The molecule has 0 aliphatic carbocycles. The Morgan fingerprint density at radius 2 is 2.05 bits per heavy atom. The molecule has 0 fully saturated rings. The van der Waals surface area contributed by atoms with Crippen LogP contribution in [-0.4, -0.2) is 24.5 Å². The van der Waals surface area contributed by atoms with Gasteiger partial charge in [0.25, 0.3) is 0 Å². The number of para-hydroxylation sites is 1. The Bertz CT molecular complexity index is 840. The second-order valence-corrected chi connectivity index (χ2v) is 5.34. The molecular weight excluding hydrogens is 282 g/mol. The van der Waals surface area contributed by atoms with Crippen LogP contribution in [0, 0.1) is 11.7 Å². The van der Waals surface area contributed by atoms with Crippen LogP contribution in [0.2, 0.25) is 0 Å². The molecule has 0 aliphatic heterocycles. The zero-order valence-electron chi connectivity index (χ0n) is 12.3. The van der Waals surface area contributed by atoms with E-state index in [9.17, 15) is 0 Å². The average molecular weight is 299 g/mol. The van der Waals surface area contributed by atoms with Crippen LogP contribution in [0.25, 0.3) is 17.1 Å². The predicted molar refractivity (Wildman–Crippen MR) is 85.1 cm³/mol. The van der Waals surface area contributed by atoms with Crippen LogP contribution < -0.4 is 0 Å². The lowest BCUT2D eigenvalue weighted by molar-refractivity contribution is 0.831. The molecule has 5 nitrogen and oxygen atoms in total. The van der Waals surface area contributed by atoms with E-state index >= 15 is 0 Å². The summed E-state index contributed by atoms with van der Waals surface area (Å²) in [5.41, 5.74) is 4.41. The van der Waals surface area contributed by atoms with E-state index in [0.29, 0.717) is 4.77 Å². The second kappa shape index (κ2) is 5.29. The summed E-state index contributed by atoms with van der Waals surface area (Å²) in [6, 6.07) is 8.31. The highest BCUT2D eigenvalue weighted by Gasteiger charge is 2.15. The number of H-pyrrole nitrogens is 1. The maximum absolute atomic E-state index is 5.17. The normalized spacial score (nSPS) is 11.0. The van der Waals surface area contributed by atoms with Gasteiger partial charge in [-0.3, -0.25) is 5.10 Å². The second-order valence-electron chi connectivity index (χ2n) is 4.95. The summed E-state index contributed by atoms with van der Waals surface area (Å²) in [5, 5.41) is 11.6. The van der Waals surface area contributed by atoms with Crippen LogP contribution in [0.5, 0.6) is 0 Å². The summed E-state index contributed by atoms with van der Waals surface area (Å²) >= 11 is 5.17. The molecule has 21 heavy (non-hydrogen) atoms. The summed E-state index contributed by atoms with van der Waals surface area (Å²) in [5.74, 6) is 0.803. The summed E-state index contributed by atoms with van der Waals surface area (Å²) < 4.78 is 4.42. The minimum atomic E-state index is 0.603. The highest BCUT2D eigenvalue weighted by Crippen LogP contribution is 2.24. The molecule has 0 spiro atoms. The van der Waals surface area contributed by atoms with Gasteiger partial charge in [-0.05, 0) is 37.2 Å². The molecule has 0 saturated carbocycles. The van der Waals surface area contributed by atoms with Crippen molar-refractivity contribution < 1.29 is 0 Å². The van der Waals surface area contributed by atoms with Gasteiger partial charge >= 0.3 is 0 Å². The van der Waals surface area contributed by atoms with E-state index in [1.807, 2.05) is 35.5 Å². The molecule has 0 aliphatic rings. The first-order valence-corrected chi connectivity index (χ1v) is 7.29. The summed E-state index contributed by atoms with van der Waals surface area (Å²) in [4.78, 5) is 0. The molecule has 0 amide bonds. The minimum absolute atomic E-state index is 0.603. The zero-order chi connectivity index (χ0) is 15.0. The fourth-order valence-electron chi connectivity index (χ4n) is 2.48. The number of aromatic amines is 1. The molecule has 3 aromatic rings.